The first-order chi connectivity index (χ1) is 8.72. The second-order valence-corrected chi connectivity index (χ2v) is 4.87. The van der Waals surface area contributed by atoms with E-state index in [9.17, 15) is 0 Å². The molecule has 96 valence electrons. The number of rotatable bonds is 5. The summed E-state index contributed by atoms with van der Waals surface area (Å²) in [5.74, 6) is 1.55. The highest BCUT2D eigenvalue weighted by molar-refractivity contribution is 7.99. The summed E-state index contributed by atoms with van der Waals surface area (Å²) in [6, 6.07) is 7.71. The average molecular weight is 264 g/mol. The molecule has 0 saturated heterocycles. The highest BCUT2D eigenvalue weighted by Gasteiger charge is 2.13. The summed E-state index contributed by atoms with van der Waals surface area (Å²) < 4.78 is 7.18. The third-order valence-electron chi connectivity index (χ3n) is 2.60. The predicted molar refractivity (Wildman–Crippen MR) is 71.6 cm³/mol. The zero-order valence-corrected chi connectivity index (χ0v) is 11.2. The minimum absolute atomic E-state index is 0.0946. The number of methoxy groups -OCH3 is 1. The molecule has 2 rings (SSSR count). The molecule has 1 aromatic carbocycles. The van der Waals surface area contributed by atoms with Crippen molar-refractivity contribution in [2.45, 2.75) is 11.2 Å². The van der Waals surface area contributed by atoms with Gasteiger partial charge in [0, 0.05) is 24.4 Å². The zero-order valence-electron chi connectivity index (χ0n) is 10.4. The maximum atomic E-state index is 6.18. The lowest BCUT2D eigenvalue weighted by Crippen LogP contribution is -2.14. The van der Waals surface area contributed by atoms with Crippen molar-refractivity contribution in [3.63, 3.8) is 0 Å². The van der Waals surface area contributed by atoms with Crippen molar-refractivity contribution in [1.29, 1.82) is 0 Å². The summed E-state index contributed by atoms with van der Waals surface area (Å²) in [7, 11) is 3.57. The van der Waals surface area contributed by atoms with Crippen LogP contribution in [-0.2, 0) is 7.05 Å². The van der Waals surface area contributed by atoms with E-state index in [0.29, 0.717) is 0 Å². The van der Waals surface area contributed by atoms with Gasteiger partial charge >= 0.3 is 0 Å². The van der Waals surface area contributed by atoms with Crippen LogP contribution in [0.15, 0.2) is 35.7 Å². The molecule has 0 aliphatic rings. The van der Waals surface area contributed by atoms with Crippen molar-refractivity contribution in [1.82, 2.24) is 14.8 Å². The van der Waals surface area contributed by atoms with Gasteiger partial charge in [0.25, 0.3) is 0 Å². The Labute approximate surface area is 110 Å². The Bertz CT molecular complexity index is 514. The number of ether oxygens (including phenoxy) is 1. The standard InChI is InChI=1S/C12H16N4OS/c1-16-8-14-15-12(16)18-7-10(13)9-5-3-4-6-11(9)17-2/h3-6,8,10H,7,13H2,1-2H3. The molecule has 6 heteroatoms. The number of nitrogens with zero attached hydrogens (tertiary/aromatic N) is 3. The van der Waals surface area contributed by atoms with Gasteiger partial charge in [-0.2, -0.15) is 0 Å². The first-order valence-corrected chi connectivity index (χ1v) is 6.56. The van der Waals surface area contributed by atoms with Gasteiger partial charge in [0.2, 0.25) is 0 Å². The molecule has 1 unspecified atom stereocenters. The number of nitrogens with two attached hydrogens (primary N) is 1. The third-order valence-corrected chi connectivity index (χ3v) is 3.75. The Morgan fingerprint density at radius 1 is 1.44 bits per heavy atom. The lowest BCUT2D eigenvalue weighted by molar-refractivity contribution is 0.407. The van der Waals surface area contributed by atoms with Gasteiger partial charge in [-0.05, 0) is 6.07 Å². The number of hydrogen-bond donors (Lipinski definition) is 1. The fourth-order valence-corrected chi connectivity index (χ4v) is 2.49. The zero-order chi connectivity index (χ0) is 13.0. The SMILES string of the molecule is COc1ccccc1C(N)CSc1nncn1C. The number of thioether (sulfide) groups is 1. The van der Waals surface area contributed by atoms with Crippen LogP contribution < -0.4 is 10.5 Å². The molecule has 0 saturated carbocycles. The molecule has 1 heterocycles. The quantitative estimate of drug-likeness (QED) is 0.831. The van der Waals surface area contributed by atoms with Gasteiger partial charge in [-0.25, -0.2) is 0 Å². The van der Waals surface area contributed by atoms with Crippen LogP contribution in [0.2, 0.25) is 0 Å². The number of aryl methyl sites for hydroxylation is 1. The Hall–Kier alpha value is -1.53. The summed E-state index contributed by atoms with van der Waals surface area (Å²) in [5, 5.41) is 8.71. The second kappa shape index (κ2) is 5.88. The number of aromatic nitrogens is 3. The number of hydrogen-bond acceptors (Lipinski definition) is 5. The molecule has 0 spiro atoms. The Kier molecular flexibility index (Phi) is 4.22. The van der Waals surface area contributed by atoms with Gasteiger partial charge in [-0.15, -0.1) is 10.2 Å². The summed E-state index contributed by atoms with van der Waals surface area (Å²) in [5.41, 5.74) is 7.19. The monoisotopic (exact) mass is 264 g/mol. The van der Waals surface area contributed by atoms with Crippen LogP contribution >= 0.6 is 11.8 Å². The topological polar surface area (TPSA) is 66.0 Å². The fraction of sp³-hybridized carbons (Fsp3) is 0.333. The second-order valence-electron chi connectivity index (χ2n) is 3.88. The molecule has 2 N–H and O–H groups in total. The van der Waals surface area contributed by atoms with Gasteiger partial charge in [-0.3, -0.25) is 0 Å². The first kappa shape index (κ1) is 12.9. The van der Waals surface area contributed by atoms with Crippen molar-refractivity contribution < 1.29 is 4.74 Å². The highest BCUT2D eigenvalue weighted by Crippen LogP contribution is 2.27. The first-order valence-electron chi connectivity index (χ1n) is 5.57. The summed E-state index contributed by atoms with van der Waals surface area (Å²) in [6.07, 6.45) is 1.68. The van der Waals surface area contributed by atoms with Crippen molar-refractivity contribution in [3.8, 4) is 5.75 Å². The van der Waals surface area contributed by atoms with Crippen LogP contribution in [0.4, 0.5) is 0 Å². The molecular weight excluding hydrogens is 248 g/mol. The van der Waals surface area contributed by atoms with Crippen molar-refractivity contribution >= 4 is 11.8 Å². The molecule has 5 nitrogen and oxygen atoms in total. The molecule has 18 heavy (non-hydrogen) atoms. The molecule has 1 atom stereocenters. The van der Waals surface area contributed by atoms with E-state index in [1.54, 1.807) is 25.2 Å². The van der Waals surface area contributed by atoms with E-state index in [4.69, 9.17) is 10.5 Å². The van der Waals surface area contributed by atoms with Gasteiger partial charge in [0.05, 0.1) is 7.11 Å². The molecular formula is C12H16N4OS. The lowest BCUT2D eigenvalue weighted by atomic mass is 10.1. The van der Waals surface area contributed by atoms with Crippen molar-refractivity contribution in [3.05, 3.63) is 36.2 Å². The Morgan fingerprint density at radius 2 is 2.22 bits per heavy atom. The van der Waals surface area contributed by atoms with Crippen molar-refractivity contribution in [2.75, 3.05) is 12.9 Å². The lowest BCUT2D eigenvalue weighted by Gasteiger charge is -2.14. The van der Waals surface area contributed by atoms with E-state index in [2.05, 4.69) is 10.2 Å². The maximum absolute atomic E-state index is 6.18. The third kappa shape index (κ3) is 2.83. The number of benzene rings is 1. The van der Waals surface area contributed by atoms with Gasteiger partial charge < -0.3 is 15.0 Å². The minimum atomic E-state index is -0.0946. The van der Waals surface area contributed by atoms with Gasteiger partial charge in [0.15, 0.2) is 5.16 Å². The van der Waals surface area contributed by atoms with Crippen LogP contribution in [0.1, 0.15) is 11.6 Å². The van der Waals surface area contributed by atoms with Crippen LogP contribution in [0.3, 0.4) is 0 Å². The van der Waals surface area contributed by atoms with Gasteiger partial charge in [0.1, 0.15) is 12.1 Å². The Morgan fingerprint density at radius 3 is 2.89 bits per heavy atom. The molecule has 0 fully saturated rings. The van der Waals surface area contributed by atoms with E-state index in [1.807, 2.05) is 35.9 Å². The van der Waals surface area contributed by atoms with Gasteiger partial charge in [-0.1, -0.05) is 30.0 Å². The molecule has 0 radical (unpaired) electrons. The average Bonchev–Trinajstić information content (AvgIpc) is 2.81. The van der Waals surface area contributed by atoms with E-state index in [0.717, 1.165) is 22.2 Å². The van der Waals surface area contributed by atoms with Crippen LogP contribution in [-0.4, -0.2) is 27.6 Å². The fourth-order valence-electron chi connectivity index (χ4n) is 1.63. The summed E-state index contributed by atoms with van der Waals surface area (Å²) in [4.78, 5) is 0. The molecule has 0 aliphatic heterocycles. The smallest absolute Gasteiger partial charge is 0.190 e. The summed E-state index contributed by atoms with van der Waals surface area (Å²) in [6.45, 7) is 0. The largest absolute Gasteiger partial charge is 0.496 e. The molecule has 0 bridgehead atoms. The Balaban J connectivity index is 2.03. The van der Waals surface area contributed by atoms with E-state index in [1.165, 1.54) is 0 Å². The summed E-state index contributed by atoms with van der Waals surface area (Å²) >= 11 is 1.58. The minimum Gasteiger partial charge on any atom is -0.496 e. The van der Waals surface area contributed by atoms with Crippen LogP contribution in [0, 0.1) is 0 Å². The molecule has 1 aromatic heterocycles. The normalized spacial score (nSPS) is 12.4. The van der Waals surface area contributed by atoms with E-state index in [-0.39, 0.29) is 6.04 Å². The predicted octanol–water partition coefficient (Wildman–Crippen LogP) is 1.62. The van der Waals surface area contributed by atoms with E-state index < -0.39 is 0 Å². The highest BCUT2D eigenvalue weighted by atomic mass is 32.2. The van der Waals surface area contributed by atoms with Crippen LogP contribution in [0.5, 0.6) is 5.75 Å². The maximum Gasteiger partial charge on any atom is 0.190 e. The molecule has 0 amide bonds. The molecule has 0 aliphatic carbocycles. The van der Waals surface area contributed by atoms with Crippen LogP contribution in [0.25, 0.3) is 0 Å². The number of para-hydroxylation sites is 1. The molecule has 2 aromatic rings. The van der Waals surface area contributed by atoms with Crippen molar-refractivity contribution in [2.24, 2.45) is 12.8 Å². The van der Waals surface area contributed by atoms with E-state index >= 15 is 0 Å².